The maximum absolute atomic E-state index is 13.6. The van der Waals surface area contributed by atoms with Gasteiger partial charge in [-0.15, -0.1) is 0 Å². The minimum atomic E-state index is -0.250. The molecule has 180 valence electrons. The molecular formula is C26H33FN6O. The second-order valence-electron chi connectivity index (χ2n) is 9.67. The number of carbonyl (C=O) groups excluding carboxylic acids is 1. The number of nitrogens with zero attached hydrogens (tertiary/aromatic N) is 5. The molecule has 1 saturated carbocycles. The van der Waals surface area contributed by atoms with Gasteiger partial charge in [-0.2, -0.15) is 0 Å². The van der Waals surface area contributed by atoms with E-state index in [4.69, 9.17) is 4.98 Å². The van der Waals surface area contributed by atoms with Crippen LogP contribution in [0.2, 0.25) is 0 Å². The predicted octanol–water partition coefficient (Wildman–Crippen LogP) is 4.97. The lowest BCUT2D eigenvalue weighted by Crippen LogP contribution is -2.35. The molecule has 2 aliphatic rings. The molecule has 2 fully saturated rings. The smallest absolute Gasteiger partial charge is 0.196 e. The Morgan fingerprint density at radius 3 is 2.59 bits per heavy atom. The average Bonchev–Trinajstić information content (AvgIpc) is 3.17. The first-order chi connectivity index (χ1) is 16.6. The first kappa shape index (κ1) is 22.9. The molecule has 0 bridgehead atoms. The lowest BCUT2D eigenvalue weighted by Gasteiger charge is -2.34. The van der Waals surface area contributed by atoms with Crippen molar-refractivity contribution >= 4 is 23.3 Å². The largest absolute Gasteiger partial charge is 0.365 e. The number of likely N-dealkylation sites (tertiary alicyclic amines) is 1. The SMILES string of the molecule is CCN1CCCCC1c1nc2nc(C=O)nc(N[C@H](C)C3CCC3)c2n1Cc1ccc(F)cc1. The van der Waals surface area contributed by atoms with Crippen molar-refractivity contribution in [2.45, 2.75) is 71.0 Å². The molecule has 2 atom stereocenters. The number of carbonyl (C=O) groups is 1. The summed E-state index contributed by atoms with van der Waals surface area (Å²) in [4.78, 5) is 28.2. The van der Waals surface area contributed by atoms with Crippen LogP contribution in [0.25, 0.3) is 11.2 Å². The molecule has 3 aromatic rings. The van der Waals surface area contributed by atoms with E-state index in [1.54, 1.807) is 0 Å². The van der Waals surface area contributed by atoms with E-state index >= 15 is 0 Å². The molecule has 1 saturated heterocycles. The highest BCUT2D eigenvalue weighted by molar-refractivity contribution is 5.87. The summed E-state index contributed by atoms with van der Waals surface area (Å²) in [5.41, 5.74) is 2.34. The van der Waals surface area contributed by atoms with Crippen molar-refractivity contribution in [2.24, 2.45) is 5.92 Å². The maximum Gasteiger partial charge on any atom is 0.196 e. The van der Waals surface area contributed by atoms with Crippen molar-refractivity contribution in [3.8, 4) is 0 Å². The molecule has 1 aromatic carbocycles. The van der Waals surface area contributed by atoms with E-state index in [-0.39, 0.29) is 23.7 Å². The molecule has 34 heavy (non-hydrogen) atoms. The second-order valence-corrected chi connectivity index (χ2v) is 9.67. The number of piperidine rings is 1. The van der Waals surface area contributed by atoms with Crippen molar-refractivity contribution in [3.63, 3.8) is 0 Å². The number of fused-ring (bicyclic) bond motifs is 1. The molecule has 7 nitrogen and oxygen atoms in total. The molecule has 0 radical (unpaired) electrons. The van der Waals surface area contributed by atoms with Crippen LogP contribution >= 0.6 is 0 Å². The quantitative estimate of drug-likeness (QED) is 0.474. The highest BCUT2D eigenvalue weighted by Crippen LogP contribution is 2.36. The Kier molecular flexibility index (Phi) is 6.59. The number of hydrogen-bond donors (Lipinski definition) is 1. The topological polar surface area (TPSA) is 75.9 Å². The predicted molar refractivity (Wildman–Crippen MR) is 130 cm³/mol. The van der Waals surface area contributed by atoms with E-state index in [0.717, 1.165) is 42.8 Å². The van der Waals surface area contributed by atoms with Gasteiger partial charge in [0.2, 0.25) is 0 Å². The van der Waals surface area contributed by atoms with Gasteiger partial charge in [-0.1, -0.05) is 31.9 Å². The van der Waals surface area contributed by atoms with Gasteiger partial charge >= 0.3 is 0 Å². The maximum atomic E-state index is 13.6. The van der Waals surface area contributed by atoms with Crippen LogP contribution in [0.3, 0.4) is 0 Å². The number of anilines is 1. The first-order valence-corrected chi connectivity index (χ1v) is 12.6. The number of nitrogens with one attached hydrogen (secondary N) is 1. The molecule has 1 unspecified atom stereocenters. The van der Waals surface area contributed by atoms with E-state index in [0.29, 0.717) is 30.2 Å². The first-order valence-electron chi connectivity index (χ1n) is 12.6. The van der Waals surface area contributed by atoms with Crippen LogP contribution in [-0.4, -0.2) is 49.8 Å². The summed E-state index contributed by atoms with van der Waals surface area (Å²) in [6.07, 6.45) is 7.72. The molecule has 8 heteroatoms. The Labute approximate surface area is 199 Å². The number of imidazole rings is 1. The van der Waals surface area contributed by atoms with Gasteiger partial charge in [0, 0.05) is 12.6 Å². The zero-order valence-corrected chi connectivity index (χ0v) is 20.0. The van der Waals surface area contributed by atoms with E-state index in [1.165, 1.54) is 37.8 Å². The normalized spacial score (nSPS) is 20.3. The molecule has 3 heterocycles. The minimum absolute atomic E-state index is 0.143. The van der Waals surface area contributed by atoms with Crippen LogP contribution in [0.5, 0.6) is 0 Å². The molecule has 1 aliphatic carbocycles. The Morgan fingerprint density at radius 1 is 1.12 bits per heavy atom. The monoisotopic (exact) mass is 464 g/mol. The van der Waals surface area contributed by atoms with Crippen LogP contribution < -0.4 is 5.32 Å². The summed E-state index contributed by atoms with van der Waals surface area (Å²) in [5, 5.41) is 3.59. The standard InChI is InChI=1S/C26H33FN6O/c1-3-32-14-5-4-9-21(32)26-31-25-23(33(26)15-18-10-12-20(27)13-11-18)24(29-22(16-34)30-25)28-17(2)19-7-6-8-19/h10-13,16-17,19,21H,3-9,14-15H2,1-2H3,(H,28,29,30)/t17-,21?/m1/s1. The van der Waals surface area contributed by atoms with Gasteiger partial charge in [0.1, 0.15) is 17.2 Å². The molecular weight excluding hydrogens is 431 g/mol. The van der Waals surface area contributed by atoms with Crippen LogP contribution in [0, 0.1) is 11.7 Å². The van der Waals surface area contributed by atoms with Crippen LogP contribution in [0.1, 0.15) is 80.4 Å². The molecule has 1 aliphatic heterocycles. The lowest BCUT2D eigenvalue weighted by atomic mass is 9.80. The fourth-order valence-corrected chi connectivity index (χ4v) is 5.35. The second kappa shape index (κ2) is 9.78. The summed E-state index contributed by atoms with van der Waals surface area (Å²) in [6, 6.07) is 7.02. The summed E-state index contributed by atoms with van der Waals surface area (Å²) in [5.74, 6) is 2.10. The zero-order valence-electron chi connectivity index (χ0n) is 20.0. The number of halogens is 1. The van der Waals surface area contributed by atoms with Gasteiger partial charge in [-0.25, -0.2) is 19.3 Å². The highest BCUT2D eigenvalue weighted by atomic mass is 19.1. The third kappa shape index (κ3) is 4.43. The van der Waals surface area contributed by atoms with Crippen molar-refractivity contribution in [3.05, 3.63) is 47.3 Å². The lowest BCUT2D eigenvalue weighted by molar-refractivity contribution is 0.111. The Hall–Kier alpha value is -2.87. The summed E-state index contributed by atoms with van der Waals surface area (Å²) < 4.78 is 15.8. The van der Waals surface area contributed by atoms with Gasteiger partial charge in [0.15, 0.2) is 23.6 Å². The Bertz CT molecular complexity index is 1160. The van der Waals surface area contributed by atoms with E-state index < -0.39 is 0 Å². The molecule has 0 spiro atoms. The van der Waals surface area contributed by atoms with Crippen molar-refractivity contribution < 1.29 is 9.18 Å². The number of aromatic nitrogens is 4. The number of hydrogen-bond acceptors (Lipinski definition) is 6. The summed E-state index contributed by atoms with van der Waals surface area (Å²) in [6.45, 7) is 6.88. The van der Waals surface area contributed by atoms with Crippen molar-refractivity contribution in [1.29, 1.82) is 0 Å². The molecule has 0 amide bonds. The van der Waals surface area contributed by atoms with Crippen LogP contribution in [-0.2, 0) is 6.54 Å². The summed E-state index contributed by atoms with van der Waals surface area (Å²) >= 11 is 0. The van der Waals surface area contributed by atoms with Gasteiger partial charge in [-0.3, -0.25) is 9.69 Å². The van der Waals surface area contributed by atoms with Gasteiger partial charge in [0.25, 0.3) is 0 Å². The minimum Gasteiger partial charge on any atom is -0.365 e. The molecule has 5 rings (SSSR count). The zero-order chi connectivity index (χ0) is 23.7. The third-order valence-electron chi connectivity index (χ3n) is 7.55. The van der Waals surface area contributed by atoms with Gasteiger partial charge in [-0.05, 0) is 69.3 Å². The number of rotatable bonds is 8. The van der Waals surface area contributed by atoms with Crippen LogP contribution in [0.4, 0.5) is 10.2 Å². The molecule has 2 aromatic heterocycles. The van der Waals surface area contributed by atoms with Gasteiger partial charge < -0.3 is 9.88 Å². The fourth-order valence-electron chi connectivity index (χ4n) is 5.35. The number of benzene rings is 1. The summed E-state index contributed by atoms with van der Waals surface area (Å²) in [7, 11) is 0. The average molecular weight is 465 g/mol. The van der Waals surface area contributed by atoms with E-state index in [2.05, 4.69) is 38.6 Å². The van der Waals surface area contributed by atoms with E-state index in [1.807, 2.05) is 12.1 Å². The van der Waals surface area contributed by atoms with Gasteiger partial charge in [0.05, 0.1) is 6.04 Å². The Balaban J connectivity index is 1.65. The fraction of sp³-hybridized carbons (Fsp3) is 0.538. The van der Waals surface area contributed by atoms with Crippen molar-refractivity contribution in [1.82, 2.24) is 24.4 Å². The van der Waals surface area contributed by atoms with E-state index in [9.17, 15) is 9.18 Å². The molecule has 1 N–H and O–H groups in total. The third-order valence-corrected chi connectivity index (χ3v) is 7.55. The van der Waals surface area contributed by atoms with Crippen LogP contribution in [0.15, 0.2) is 24.3 Å². The van der Waals surface area contributed by atoms with Crippen molar-refractivity contribution in [2.75, 3.05) is 18.4 Å². The number of aldehydes is 1. The highest BCUT2D eigenvalue weighted by Gasteiger charge is 2.31. The Morgan fingerprint density at radius 2 is 1.91 bits per heavy atom.